The molecule has 0 amide bonds. The van der Waals surface area contributed by atoms with Gasteiger partial charge in [0.05, 0.1) is 33.6 Å². The summed E-state index contributed by atoms with van der Waals surface area (Å²) in [4.78, 5) is 11.3. The van der Waals surface area contributed by atoms with Crippen LogP contribution >= 0.6 is 0 Å². The molecule has 0 saturated heterocycles. The van der Waals surface area contributed by atoms with Crippen LogP contribution in [0, 0.1) is 0 Å². The maximum absolute atomic E-state index is 6.58. The summed E-state index contributed by atoms with van der Waals surface area (Å²) in [5.41, 5.74) is 9.38. The first-order valence-electron chi connectivity index (χ1n) is 17.2. The van der Waals surface area contributed by atoms with Crippen molar-refractivity contribution in [2.45, 2.75) is 26.3 Å². The van der Waals surface area contributed by atoms with Crippen molar-refractivity contribution in [2.75, 3.05) is 10.1 Å². The van der Waals surface area contributed by atoms with Crippen LogP contribution in [0.25, 0.3) is 49.9 Å². The number of para-hydroxylation sites is 3. The number of fused-ring (bicyclic) bond motifs is 4. The van der Waals surface area contributed by atoms with Gasteiger partial charge in [-0.1, -0.05) is 91.0 Å². The van der Waals surface area contributed by atoms with Crippen molar-refractivity contribution in [2.24, 2.45) is 0 Å². The van der Waals surface area contributed by atoms with E-state index in [-0.39, 0.29) is 5.54 Å². The number of benzene rings is 6. The summed E-state index contributed by atoms with van der Waals surface area (Å²) in [7, 11) is 0. The van der Waals surface area contributed by atoms with Gasteiger partial charge in [-0.05, 0) is 97.6 Å². The summed E-state index contributed by atoms with van der Waals surface area (Å²) < 4.78 is 8.82. The molecular weight excluding hydrogens is 629 g/mol. The van der Waals surface area contributed by atoms with Gasteiger partial charge in [0.25, 0.3) is 0 Å². The number of hydroxylamine groups is 1. The van der Waals surface area contributed by atoms with E-state index >= 15 is 0 Å². The van der Waals surface area contributed by atoms with E-state index in [9.17, 15) is 0 Å². The molecule has 9 rings (SSSR count). The van der Waals surface area contributed by atoms with Gasteiger partial charge in [-0.3, -0.25) is 4.57 Å². The molecule has 0 saturated carbocycles. The fourth-order valence-electron chi connectivity index (χ4n) is 7.03. The lowest BCUT2D eigenvalue weighted by Gasteiger charge is -2.31. The van der Waals surface area contributed by atoms with Crippen LogP contribution < -0.4 is 14.9 Å². The van der Waals surface area contributed by atoms with Gasteiger partial charge in [0.2, 0.25) is 0 Å². The van der Waals surface area contributed by atoms with Crippen LogP contribution in [0.15, 0.2) is 164 Å². The van der Waals surface area contributed by atoms with Crippen LogP contribution in [0.5, 0.6) is 11.5 Å². The van der Waals surface area contributed by atoms with E-state index in [1.807, 2.05) is 58.8 Å². The van der Waals surface area contributed by atoms with Crippen molar-refractivity contribution in [3.8, 4) is 39.6 Å². The molecule has 0 fully saturated rings. The summed E-state index contributed by atoms with van der Waals surface area (Å²) in [6.07, 6.45) is 1.90. The molecule has 6 nitrogen and oxygen atoms in total. The molecule has 6 aromatic carbocycles. The monoisotopic (exact) mass is 664 g/mol. The van der Waals surface area contributed by atoms with Crippen LogP contribution in [0.3, 0.4) is 0 Å². The van der Waals surface area contributed by atoms with Crippen LogP contribution in [0.4, 0.5) is 17.1 Å². The fourth-order valence-corrected chi connectivity index (χ4v) is 7.03. The quantitative estimate of drug-likeness (QED) is 0.177. The zero-order chi connectivity index (χ0) is 34.5. The van der Waals surface area contributed by atoms with E-state index in [4.69, 9.17) is 14.7 Å². The third-order valence-corrected chi connectivity index (χ3v) is 9.32. The summed E-state index contributed by atoms with van der Waals surface area (Å²) in [6.45, 7) is 6.41. The Balaban J connectivity index is 1.10. The Morgan fingerprint density at radius 3 is 2.06 bits per heavy atom. The van der Waals surface area contributed by atoms with Gasteiger partial charge in [-0.15, -0.1) is 4.94 Å². The van der Waals surface area contributed by atoms with Crippen molar-refractivity contribution < 1.29 is 9.68 Å². The van der Waals surface area contributed by atoms with Gasteiger partial charge >= 0.3 is 0 Å². The normalized spacial score (nSPS) is 12.8. The molecule has 8 aromatic rings. The van der Waals surface area contributed by atoms with Crippen LogP contribution in [-0.4, -0.2) is 15.1 Å². The van der Waals surface area contributed by atoms with Gasteiger partial charge in [-0.2, -0.15) is 5.06 Å². The molecule has 0 spiro atoms. The van der Waals surface area contributed by atoms with Gasteiger partial charge in [0.1, 0.15) is 17.3 Å². The van der Waals surface area contributed by atoms with E-state index in [1.165, 1.54) is 11.1 Å². The molecular formula is C45H36N4O2. The van der Waals surface area contributed by atoms with E-state index in [0.29, 0.717) is 5.75 Å². The Bertz CT molecular complexity index is 2550. The molecule has 2 aromatic heterocycles. The average molecular weight is 665 g/mol. The number of anilines is 3. The Morgan fingerprint density at radius 2 is 1.24 bits per heavy atom. The Kier molecular flexibility index (Phi) is 7.33. The summed E-state index contributed by atoms with van der Waals surface area (Å²) in [5, 5.41) is 6.11. The second-order valence-corrected chi connectivity index (χ2v) is 13.8. The molecule has 1 aliphatic rings. The number of aromatic nitrogens is 2. The van der Waals surface area contributed by atoms with Crippen molar-refractivity contribution in [1.29, 1.82) is 0 Å². The van der Waals surface area contributed by atoms with Crippen LogP contribution in [0.2, 0.25) is 0 Å². The SMILES string of the molecule is CC(C)(C)N1ON(c2cccc(Oc3ccc4c5ccccc5n(-c5cc(-c6ccccc6-c6ccccc6)ccn5)c4c3)c2)c2ccccc21. The van der Waals surface area contributed by atoms with E-state index in [1.54, 1.807) is 0 Å². The molecule has 1 aliphatic heterocycles. The lowest BCUT2D eigenvalue weighted by molar-refractivity contribution is 0.0842. The highest BCUT2D eigenvalue weighted by atomic mass is 16.9. The maximum Gasteiger partial charge on any atom is 0.138 e. The smallest absolute Gasteiger partial charge is 0.138 e. The first-order chi connectivity index (χ1) is 24.9. The highest BCUT2D eigenvalue weighted by molar-refractivity contribution is 6.09. The Morgan fingerprint density at radius 1 is 0.549 bits per heavy atom. The minimum absolute atomic E-state index is 0.230. The van der Waals surface area contributed by atoms with Crippen molar-refractivity contribution in [3.05, 3.63) is 164 Å². The van der Waals surface area contributed by atoms with Gasteiger partial charge in [0.15, 0.2) is 0 Å². The van der Waals surface area contributed by atoms with Gasteiger partial charge in [0, 0.05) is 29.1 Å². The third-order valence-electron chi connectivity index (χ3n) is 9.32. The van der Waals surface area contributed by atoms with Gasteiger partial charge < -0.3 is 4.74 Å². The maximum atomic E-state index is 6.58. The number of pyridine rings is 1. The molecule has 248 valence electrons. The standard InChI is InChI=1S/C45H36N4O2/c1-45(2,3)49-42-23-12-11-22-41(42)48(51-49)33-16-13-17-34(29-33)50-35-24-25-39-38-20-9-10-21-40(38)47(43(39)30-35)44-28-32(26-27-46-44)37-19-8-7-18-36(37)31-14-5-4-6-15-31/h4-30H,1-3H3. The predicted molar refractivity (Wildman–Crippen MR) is 208 cm³/mol. The summed E-state index contributed by atoms with van der Waals surface area (Å²) in [5.74, 6) is 2.28. The van der Waals surface area contributed by atoms with Crippen molar-refractivity contribution in [3.63, 3.8) is 0 Å². The number of hydrogen-bond donors (Lipinski definition) is 0. The predicted octanol–water partition coefficient (Wildman–Crippen LogP) is 11.9. The molecule has 0 aliphatic carbocycles. The second-order valence-electron chi connectivity index (χ2n) is 13.8. The second kappa shape index (κ2) is 12.2. The Labute approximate surface area is 297 Å². The topological polar surface area (TPSA) is 42.8 Å². The fraction of sp³-hybridized carbons (Fsp3) is 0.0889. The number of hydrogen-bond acceptors (Lipinski definition) is 5. The zero-order valence-corrected chi connectivity index (χ0v) is 28.7. The molecule has 0 unspecified atom stereocenters. The first kappa shape index (κ1) is 30.7. The first-order valence-corrected chi connectivity index (χ1v) is 17.2. The molecule has 3 heterocycles. The van der Waals surface area contributed by atoms with Gasteiger partial charge in [-0.25, -0.2) is 10.0 Å². The van der Waals surface area contributed by atoms with E-state index in [2.05, 4.69) is 141 Å². The highest BCUT2D eigenvalue weighted by Crippen LogP contribution is 2.45. The molecule has 6 heteroatoms. The molecule has 51 heavy (non-hydrogen) atoms. The van der Waals surface area contributed by atoms with Crippen LogP contribution in [0.1, 0.15) is 20.8 Å². The third kappa shape index (κ3) is 5.46. The molecule has 0 atom stereocenters. The number of rotatable bonds is 6. The van der Waals surface area contributed by atoms with Crippen molar-refractivity contribution in [1.82, 2.24) is 9.55 Å². The molecule has 0 N–H and O–H groups in total. The number of ether oxygens (including phenoxy) is 1. The lowest BCUT2D eigenvalue weighted by Crippen LogP contribution is -2.41. The summed E-state index contributed by atoms with van der Waals surface area (Å²) >= 11 is 0. The summed E-state index contributed by atoms with van der Waals surface area (Å²) in [6, 6.07) is 54.3. The zero-order valence-electron chi connectivity index (χ0n) is 28.7. The lowest BCUT2D eigenvalue weighted by atomic mass is 9.95. The molecule has 0 radical (unpaired) electrons. The average Bonchev–Trinajstić information content (AvgIpc) is 3.72. The Hall–Kier alpha value is -6.37. The number of nitrogens with zero attached hydrogens (tertiary/aromatic N) is 4. The highest BCUT2D eigenvalue weighted by Gasteiger charge is 2.35. The van der Waals surface area contributed by atoms with Crippen LogP contribution in [-0.2, 0) is 4.94 Å². The van der Waals surface area contributed by atoms with E-state index in [0.717, 1.165) is 61.6 Å². The minimum Gasteiger partial charge on any atom is -0.457 e. The minimum atomic E-state index is -0.230. The van der Waals surface area contributed by atoms with E-state index < -0.39 is 0 Å². The van der Waals surface area contributed by atoms with Crippen molar-refractivity contribution >= 4 is 38.9 Å². The largest absolute Gasteiger partial charge is 0.457 e. The molecule has 0 bridgehead atoms.